The van der Waals surface area contributed by atoms with Gasteiger partial charge in [0.05, 0.1) is 0 Å². The highest BCUT2D eigenvalue weighted by Crippen LogP contribution is 2.00. The van der Waals surface area contributed by atoms with Gasteiger partial charge in [-0.3, -0.25) is 4.79 Å². The highest BCUT2D eigenvalue weighted by Gasteiger charge is 2.11. The molecule has 1 unspecified atom stereocenters. The van der Waals surface area contributed by atoms with Crippen molar-refractivity contribution in [1.29, 1.82) is 0 Å². The van der Waals surface area contributed by atoms with E-state index in [1.165, 1.54) is 18.2 Å². The summed E-state index contributed by atoms with van der Waals surface area (Å²) in [5.74, 6) is -1.58. The Morgan fingerprint density at radius 1 is 1.50 bits per heavy atom. The van der Waals surface area contributed by atoms with E-state index in [-0.39, 0.29) is 17.4 Å². The molecule has 0 spiro atoms. The van der Waals surface area contributed by atoms with Crippen LogP contribution >= 0.6 is 0 Å². The number of carboxylic acids is 1. The van der Waals surface area contributed by atoms with Crippen LogP contribution in [0.2, 0.25) is 0 Å². The molecule has 16 heavy (non-hydrogen) atoms. The first-order chi connectivity index (χ1) is 7.54. The number of hydrogen-bond acceptors (Lipinski definition) is 3. The monoisotopic (exact) mass is 220 g/mol. The number of amides is 1. The molecule has 0 fully saturated rings. The molecule has 0 aromatic carbocycles. The van der Waals surface area contributed by atoms with E-state index < -0.39 is 11.9 Å². The minimum Gasteiger partial charge on any atom is -0.477 e. The summed E-state index contributed by atoms with van der Waals surface area (Å²) in [6.07, 6.45) is 1.57. The van der Waals surface area contributed by atoms with Crippen molar-refractivity contribution < 1.29 is 14.7 Å². The molecule has 0 bridgehead atoms. The van der Waals surface area contributed by atoms with Crippen molar-refractivity contribution in [2.24, 2.45) is 0 Å². The van der Waals surface area contributed by atoms with Crippen LogP contribution in [0.1, 0.15) is 27.9 Å². The number of carbonyl (C=O) groups excluding carboxylic acids is 1. The van der Waals surface area contributed by atoms with Crippen molar-refractivity contribution in [1.82, 2.24) is 10.3 Å². The molecule has 1 rings (SSSR count). The number of rotatable bonds is 4. The lowest BCUT2D eigenvalue weighted by molar-refractivity contribution is 0.0690. The van der Waals surface area contributed by atoms with Crippen LogP contribution in [0, 0.1) is 0 Å². The molecule has 0 aliphatic rings. The number of carboxylic acid groups (broad SMARTS) is 1. The second-order valence-corrected chi connectivity index (χ2v) is 3.21. The fraction of sp³-hybridized carbons (Fsp3) is 0.182. The zero-order valence-electron chi connectivity index (χ0n) is 8.80. The SMILES string of the molecule is C=CC(C)NC(=O)c1cccc(C(=O)O)n1. The molecule has 1 atom stereocenters. The maximum absolute atomic E-state index is 11.6. The van der Waals surface area contributed by atoms with Crippen LogP contribution in [-0.4, -0.2) is 28.0 Å². The molecule has 84 valence electrons. The topological polar surface area (TPSA) is 79.3 Å². The summed E-state index contributed by atoms with van der Waals surface area (Å²) in [4.78, 5) is 25.9. The number of nitrogens with zero attached hydrogens (tertiary/aromatic N) is 1. The van der Waals surface area contributed by atoms with Gasteiger partial charge in [-0.15, -0.1) is 6.58 Å². The molecule has 0 radical (unpaired) electrons. The summed E-state index contributed by atoms with van der Waals surface area (Å²) < 4.78 is 0. The Kier molecular flexibility index (Phi) is 3.77. The quantitative estimate of drug-likeness (QED) is 0.744. The normalized spacial score (nSPS) is 11.6. The average molecular weight is 220 g/mol. The van der Waals surface area contributed by atoms with Gasteiger partial charge in [0.25, 0.3) is 5.91 Å². The molecule has 5 heteroatoms. The lowest BCUT2D eigenvalue weighted by Gasteiger charge is -2.08. The number of carbonyl (C=O) groups is 2. The summed E-state index contributed by atoms with van der Waals surface area (Å²) in [7, 11) is 0. The standard InChI is InChI=1S/C11H12N2O3/c1-3-7(2)12-10(14)8-5-4-6-9(13-8)11(15)16/h3-7H,1H2,2H3,(H,12,14)(H,15,16). The van der Waals surface area contributed by atoms with E-state index in [0.29, 0.717) is 0 Å². The number of aromatic nitrogens is 1. The number of hydrogen-bond donors (Lipinski definition) is 2. The van der Waals surface area contributed by atoms with E-state index in [0.717, 1.165) is 0 Å². The fourth-order valence-electron chi connectivity index (χ4n) is 1.02. The summed E-state index contributed by atoms with van der Waals surface area (Å²) >= 11 is 0. The number of pyridine rings is 1. The first-order valence-electron chi connectivity index (χ1n) is 4.68. The lowest BCUT2D eigenvalue weighted by Crippen LogP contribution is -2.31. The van der Waals surface area contributed by atoms with Gasteiger partial charge in [0.1, 0.15) is 11.4 Å². The molecule has 1 amide bonds. The predicted octanol–water partition coefficient (Wildman–Crippen LogP) is 1.08. The predicted molar refractivity (Wildman–Crippen MR) is 58.3 cm³/mol. The van der Waals surface area contributed by atoms with Crippen LogP contribution in [0.4, 0.5) is 0 Å². The van der Waals surface area contributed by atoms with Crippen molar-refractivity contribution in [3.63, 3.8) is 0 Å². The molecule has 2 N–H and O–H groups in total. The summed E-state index contributed by atoms with van der Waals surface area (Å²) in [5.41, 5.74) is -0.0764. The Morgan fingerprint density at radius 3 is 2.69 bits per heavy atom. The van der Waals surface area contributed by atoms with Gasteiger partial charge in [0, 0.05) is 6.04 Å². The van der Waals surface area contributed by atoms with Crippen molar-refractivity contribution >= 4 is 11.9 Å². The largest absolute Gasteiger partial charge is 0.477 e. The maximum Gasteiger partial charge on any atom is 0.354 e. The van der Waals surface area contributed by atoms with Gasteiger partial charge < -0.3 is 10.4 Å². The smallest absolute Gasteiger partial charge is 0.354 e. The second-order valence-electron chi connectivity index (χ2n) is 3.21. The molecule has 1 heterocycles. The van der Waals surface area contributed by atoms with E-state index >= 15 is 0 Å². The van der Waals surface area contributed by atoms with Crippen LogP contribution in [0.25, 0.3) is 0 Å². The number of nitrogens with one attached hydrogen (secondary N) is 1. The molecule has 0 aliphatic carbocycles. The molecule has 0 saturated heterocycles. The van der Waals surface area contributed by atoms with Crippen molar-refractivity contribution in [3.05, 3.63) is 42.2 Å². The Balaban J connectivity index is 2.87. The van der Waals surface area contributed by atoms with Crippen LogP contribution < -0.4 is 5.32 Å². The highest BCUT2D eigenvalue weighted by atomic mass is 16.4. The van der Waals surface area contributed by atoms with Gasteiger partial charge in [-0.05, 0) is 19.1 Å². The molecule has 1 aromatic rings. The van der Waals surface area contributed by atoms with E-state index in [1.54, 1.807) is 13.0 Å². The van der Waals surface area contributed by atoms with Crippen LogP contribution in [0.5, 0.6) is 0 Å². The lowest BCUT2D eigenvalue weighted by atomic mass is 10.2. The van der Waals surface area contributed by atoms with E-state index in [4.69, 9.17) is 5.11 Å². The maximum atomic E-state index is 11.6. The van der Waals surface area contributed by atoms with Gasteiger partial charge >= 0.3 is 5.97 Å². The third kappa shape index (κ3) is 2.91. The third-order valence-electron chi connectivity index (χ3n) is 1.91. The zero-order valence-corrected chi connectivity index (χ0v) is 8.80. The van der Waals surface area contributed by atoms with Gasteiger partial charge in [-0.1, -0.05) is 12.1 Å². The molecule has 0 aliphatic heterocycles. The Hall–Kier alpha value is -2.17. The van der Waals surface area contributed by atoms with Crippen molar-refractivity contribution in [2.75, 3.05) is 0 Å². The summed E-state index contributed by atoms with van der Waals surface area (Å²) in [6.45, 7) is 5.28. The fourth-order valence-corrected chi connectivity index (χ4v) is 1.02. The Bertz CT molecular complexity index is 429. The minimum atomic E-state index is -1.16. The van der Waals surface area contributed by atoms with Gasteiger partial charge in [0.15, 0.2) is 0 Å². The molecular weight excluding hydrogens is 208 g/mol. The zero-order chi connectivity index (χ0) is 12.1. The van der Waals surface area contributed by atoms with Crippen LogP contribution in [-0.2, 0) is 0 Å². The first-order valence-corrected chi connectivity index (χ1v) is 4.68. The van der Waals surface area contributed by atoms with E-state index in [2.05, 4.69) is 16.9 Å². The number of aromatic carboxylic acids is 1. The van der Waals surface area contributed by atoms with Gasteiger partial charge in [0.2, 0.25) is 0 Å². The van der Waals surface area contributed by atoms with Gasteiger partial charge in [-0.25, -0.2) is 9.78 Å². The van der Waals surface area contributed by atoms with E-state index in [9.17, 15) is 9.59 Å². The highest BCUT2D eigenvalue weighted by molar-refractivity contribution is 5.94. The Morgan fingerprint density at radius 2 is 2.12 bits per heavy atom. The average Bonchev–Trinajstić information content (AvgIpc) is 2.28. The molecule has 5 nitrogen and oxygen atoms in total. The van der Waals surface area contributed by atoms with Crippen molar-refractivity contribution in [3.8, 4) is 0 Å². The first kappa shape index (κ1) is 11.9. The Labute approximate surface area is 92.8 Å². The second kappa shape index (κ2) is 5.06. The third-order valence-corrected chi connectivity index (χ3v) is 1.91. The van der Waals surface area contributed by atoms with Crippen LogP contribution in [0.15, 0.2) is 30.9 Å². The van der Waals surface area contributed by atoms with Crippen LogP contribution in [0.3, 0.4) is 0 Å². The summed E-state index contributed by atoms with van der Waals surface area (Å²) in [6, 6.07) is 4.07. The molecular formula is C11H12N2O3. The van der Waals surface area contributed by atoms with Crippen molar-refractivity contribution in [2.45, 2.75) is 13.0 Å². The molecule has 1 aromatic heterocycles. The van der Waals surface area contributed by atoms with E-state index in [1.807, 2.05) is 0 Å². The molecule has 0 saturated carbocycles. The minimum absolute atomic E-state index is 0.0774. The van der Waals surface area contributed by atoms with Gasteiger partial charge in [-0.2, -0.15) is 0 Å². The summed E-state index contributed by atoms with van der Waals surface area (Å²) in [5, 5.41) is 11.3.